The first-order valence-electron chi connectivity index (χ1n) is 16.4. The minimum absolute atomic E-state index is 0.185. The summed E-state index contributed by atoms with van der Waals surface area (Å²) >= 11 is 0. The van der Waals surface area contributed by atoms with E-state index in [1.54, 1.807) is 7.11 Å². The van der Waals surface area contributed by atoms with Crippen LogP contribution in [0.25, 0.3) is 0 Å². The molecule has 1 aromatic heterocycles. The van der Waals surface area contributed by atoms with Gasteiger partial charge in [-0.05, 0) is 68.5 Å². The maximum atomic E-state index is 11.3. The first kappa shape index (κ1) is 31.9. The van der Waals surface area contributed by atoms with Crippen LogP contribution in [0.5, 0.6) is 5.75 Å². The fraction of sp³-hybridized carbons (Fsp3) is 0.545. The second kappa shape index (κ2) is 13.8. The molecule has 14 heteroatoms. The zero-order valence-corrected chi connectivity index (χ0v) is 26.7. The molecule has 252 valence electrons. The van der Waals surface area contributed by atoms with E-state index in [-0.39, 0.29) is 11.8 Å². The van der Waals surface area contributed by atoms with Gasteiger partial charge in [0, 0.05) is 43.3 Å². The van der Waals surface area contributed by atoms with E-state index in [1.807, 2.05) is 61.5 Å². The highest BCUT2D eigenvalue weighted by Crippen LogP contribution is 2.57. The molecule has 5 aliphatic rings. The Labute approximate surface area is 273 Å². The Hall–Kier alpha value is -3.63. The van der Waals surface area contributed by atoms with Crippen molar-refractivity contribution >= 4 is 29.2 Å². The fourth-order valence-electron chi connectivity index (χ4n) is 7.04. The SMILES string of the molecule is COc1ccc(Nc2nc(NCCNCCOC3O[C@@H]4OC5(C)CCC6CCCC([C@H]3O)[C@]64OO5)nc(Nc3ccccc3)n2)cc1. The topological polar surface area (TPSA) is 162 Å². The van der Waals surface area contributed by atoms with Crippen molar-refractivity contribution in [2.24, 2.45) is 11.8 Å². The Kier molecular flexibility index (Phi) is 9.41. The smallest absolute Gasteiger partial charge is 0.233 e. The van der Waals surface area contributed by atoms with Gasteiger partial charge in [-0.15, -0.1) is 0 Å². The fourth-order valence-corrected chi connectivity index (χ4v) is 7.04. The molecule has 1 saturated carbocycles. The summed E-state index contributed by atoms with van der Waals surface area (Å²) in [5.74, 6) is 1.14. The molecule has 2 bridgehead atoms. The molecule has 5 fully saturated rings. The van der Waals surface area contributed by atoms with Gasteiger partial charge in [0.2, 0.25) is 23.6 Å². The lowest BCUT2D eigenvalue weighted by Gasteiger charge is -2.58. The number of aliphatic hydroxyl groups excluding tert-OH is 1. The number of para-hydroxylation sites is 1. The van der Waals surface area contributed by atoms with E-state index < -0.39 is 30.1 Å². The summed E-state index contributed by atoms with van der Waals surface area (Å²) in [6.07, 6.45) is 2.18. The Bertz CT molecular complexity index is 1490. The summed E-state index contributed by atoms with van der Waals surface area (Å²) < 4.78 is 23.8. The third-order valence-corrected chi connectivity index (χ3v) is 9.43. The highest BCUT2D eigenvalue weighted by Gasteiger charge is 2.69. The van der Waals surface area contributed by atoms with Crippen molar-refractivity contribution in [3.8, 4) is 5.75 Å². The summed E-state index contributed by atoms with van der Waals surface area (Å²) in [5, 5.41) is 24.4. The van der Waals surface area contributed by atoms with Crippen molar-refractivity contribution in [1.82, 2.24) is 20.3 Å². The van der Waals surface area contributed by atoms with Crippen molar-refractivity contribution in [1.29, 1.82) is 0 Å². The molecule has 2 aromatic carbocycles. The molecule has 1 aliphatic carbocycles. The maximum absolute atomic E-state index is 11.3. The van der Waals surface area contributed by atoms with Gasteiger partial charge in [-0.1, -0.05) is 24.6 Å². The number of hydrogen-bond donors (Lipinski definition) is 5. The first-order chi connectivity index (χ1) is 22.9. The van der Waals surface area contributed by atoms with Crippen LogP contribution < -0.4 is 26.0 Å². The van der Waals surface area contributed by atoms with E-state index >= 15 is 0 Å². The second-order valence-corrected chi connectivity index (χ2v) is 12.6. The van der Waals surface area contributed by atoms with Crippen molar-refractivity contribution < 1.29 is 33.8 Å². The molecule has 47 heavy (non-hydrogen) atoms. The van der Waals surface area contributed by atoms with Crippen LogP contribution in [0.1, 0.15) is 39.0 Å². The zero-order valence-electron chi connectivity index (χ0n) is 26.7. The van der Waals surface area contributed by atoms with Crippen molar-refractivity contribution in [3.05, 3.63) is 54.6 Å². The number of rotatable bonds is 13. The number of aromatic nitrogens is 3. The molecule has 0 amide bonds. The molecule has 5 N–H and O–H groups in total. The van der Waals surface area contributed by atoms with Gasteiger partial charge in [0.1, 0.15) is 11.9 Å². The second-order valence-electron chi connectivity index (χ2n) is 12.6. The molecule has 1 spiro atoms. The maximum Gasteiger partial charge on any atom is 0.233 e. The molecule has 4 saturated heterocycles. The molecule has 4 aliphatic heterocycles. The molecule has 8 rings (SSSR count). The van der Waals surface area contributed by atoms with Gasteiger partial charge in [-0.25, -0.2) is 9.78 Å². The standard InChI is InChI=1S/C33H43N7O7/c1-32-16-15-21-7-6-10-25-26(41)27(44-28(45-32)33(21,25)47-46-32)43-20-19-34-17-18-35-29-38-30(36-22-8-4-3-5-9-22)40-31(39-29)37-23-11-13-24(42-2)14-12-23/h3-5,8-9,11-14,21,25-28,34,41H,6-7,10,15-20H2,1-2H3,(H3,35,36,37,38,39,40)/t21?,25?,26-,27?,28-,32?,33-/m1/s1. The third kappa shape index (κ3) is 6.85. The number of aliphatic hydroxyl groups is 1. The molecular formula is C33H43N7O7. The van der Waals surface area contributed by atoms with Crippen LogP contribution in [0, 0.1) is 11.8 Å². The van der Waals surface area contributed by atoms with Gasteiger partial charge in [-0.2, -0.15) is 15.0 Å². The lowest BCUT2D eigenvalue weighted by molar-refractivity contribution is -0.577. The number of nitrogens with one attached hydrogen (secondary N) is 4. The highest BCUT2D eigenvalue weighted by molar-refractivity contribution is 5.59. The number of benzene rings is 2. The minimum Gasteiger partial charge on any atom is -0.497 e. The predicted molar refractivity (Wildman–Crippen MR) is 172 cm³/mol. The average Bonchev–Trinajstić information content (AvgIpc) is 3.31. The van der Waals surface area contributed by atoms with E-state index in [0.29, 0.717) is 44.1 Å². The van der Waals surface area contributed by atoms with Gasteiger partial charge < -0.3 is 45.3 Å². The van der Waals surface area contributed by atoms with Crippen molar-refractivity contribution in [3.63, 3.8) is 0 Å². The zero-order chi connectivity index (χ0) is 32.3. The summed E-state index contributed by atoms with van der Waals surface area (Å²) in [7, 11) is 1.63. The monoisotopic (exact) mass is 649 g/mol. The van der Waals surface area contributed by atoms with Crippen LogP contribution in [-0.4, -0.2) is 83.5 Å². The Morgan fingerprint density at radius 1 is 0.872 bits per heavy atom. The van der Waals surface area contributed by atoms with Gasteiger partial charge in [0.15, 0.2) is 18.2 Å². The van der Waals surface area contributed by atoms with Gasteiger partial charge in [-0.3, -0.25) is 0 Å². The normalized spacial score (nSPS) is 31.0. The third-order valence-electron chi connectivity index (χ3n) is 9.43. The number of ether oxygens (including phenoxy) is 4. The molecule has 7 atom stereocenters. The Morgan fingerprint density at radius 2 is 1.62 bits per heavy atom. The largest absolute Gasteiger partial charge is 0.497 e. The van der Waals surface area contributed by atoms with Crippen LogP contribution in [0.2, 0.25) is 0 Å². The molecule has 0 radical (unpaired) electrons. The van der Waals surface area contributed by atoms with Gasteiger partial charge >= 0.3 is 0 Å². The molecule has 5 heterocycles. The van der Waals surface area contributed by atoms with Crippen LogP contribution in [0.15, 0.2) is 54.6 Å². The summed E-state index contributed by atoms with van der Waals surface area (Å²) in [6, 6.07) is 17.2. The van der Waals surface area contributed by atoms with E-state index in [1.165, 1.54) is 0 Å². The minimum atomic E-state index is -0.859. The Balaban J connectivity index is 0.910. The summed E-state index contributed by atoms with van der Waals surface area (Å²) in [6.45, 7) is 3.95. The summed E-state index contributed by atoms with van der Waals surface area (Å²) in [4.78, 5) is 25.4. The van der Waals surface area contributed by atoms with Crippen LogP contribution >= 0.6 is 0 Å². The van der Waals surface area contributed by atoms with Crippen molar-refractivity contribution in [2.75, 3.05) is 49.3 Å². The number of methoxy groups -OCH3 is 1. The molecule has 4 unspecified atom stereocenters. The lowest BCUT2D eigenvalue weighted by atomic mass is 9.63. The van der Waals surface area contributed by atoms with Gasteiger partial charge in [0.25, 0.3) is 0 Å². The van der Waals surface area contributed by atoms with E-state index in [0.717, 1.165) is 49.2 Å². The Morgan fingerprint density at radius 3 is 2.38 bits per heavy atom. The number of fused-ring (bicyclic) bond motifs is 2. The number of nitrogens with zero attached hydrogens (tertiary/aromatic N) is 3. The molecule has 3 aromatic rings. The first-order valence-corrected chi connectivity index (χ1v) is 16.4. The highest BCUT2D eigenvalue weighted by atomic mass is 17.3. The van der Waals surface area contributed by atoms with Crippen molar-refractivity contribution in [2.45, 2.75) is 69.1 Å². The van der Waals surface area contributed by atoms with E-state index in [4.69, 9.17) is 28.7 Å². The number of anilines is 5. The predicted octanol–water partition coefficient (Wildman–Crippen LogP) is 4.07. The number of hydrogen-bond acceptors (Lipinski definition) is 14. The van der Waals surface area contributed by atoms with Crippen LogP contribution in [0.3, 0.4) is 0 Å². The lowest BCUT2D eigenvalue weighted by Crippen LogP contribution is -2.71. The summed E-state index contributed by atoms with van der Waals surface area (Å²) in [5.41, 5.74) is 0.877. The molecule has 14 nitrogen and oxygen atoms in total. The van der Waals surface area contributed by atoms with Crippen LogP contribution in [-0.2, 0) is 24.0 Å². The van der Waals surface area contributed by atoms with E-state index in [2.05, 4.69) is 36.2 Å². The van der Waals surface area contributed by atoms with E-state index in [9.17, 15) is 5.11 Å². The quantitative estimate of drug-likeness (QED) is 0.133. The van der Waals surface area contributed by atoms with Crippen LogP contribution in [0.4, 0.5) is 29.2 Å². The molecular weight excluding hydrogens is 606 g/mol. The van der Waals surface area contributed by atoms with Gasteiger partial charge in [0.05, 0.1) is 13.7 Å². The average molecular weight is 650 g/mol.